The molecule has 2 N–H and O–H groups in total. The van der Waals surface area contributed by atoms with Gasteiger partial charge in [-0.3, -0.25) is 0 Å². The Bertz CT molecular complexity index is 624. The Morgan fingerprint density at radius 1 is 0.850 bits per heavy atom. The van der Waals surface area contributed by atoms with E-state index in [0.717, 1.165) is 11.3 Å². The third kappa shape index (κ3) is 3.13. The lowest BCUT2D eigenvalue weighted by Gasteiger charge is -2.23. The average molecular weight is 269 g/mol. The van der Waals surface area contributed by atoms with Crippen LogP contribution in [0, 0.1) is 13.8 Å². The van der Waals surface area contributed by atoms with E-state index in [4.69, 9.17) is 10.5 Å². The van der Waals surface area contributed by atoms with E-state index in [9.17, 15) is 0 Å². The molecule has 0 aliphatic rings. The molecule has 0 radical (unpaired) electrons. The highest BCUT2D eigenvalue weighted by molar-refractivity contribution is 5.56. The van der Waals surface area contributed by atoms with Crippen molar-refractivity contribution in [2.24, 2.45) is 0 Å². The number of nitrogen functional groups attached to an aromatic ring is 1. The molecule has 0 spiro atoms. The van der Waals surface area contributed by atoms with Crippen LogP contribution in [0.25, 0.3) is 0 Å². The van der Waals surface area contributed by atoms with Gasteiger partial charge < -0.3 is 10.5 Å². The van der Waals surface area contributed by atoms with E-state index in [1.165, 1.54) is 11.1 Å². The maximum atomic E-state index is 6.08. The van der Waals surface area contributed by atoms with Gasteiger partial charge in [0.1, 0.15) is 11.5 Å². The highest BCUT2D eigenvalue weighted by Crippen LogP contribution is 2.36. The summed E-state index contributed by atoms with van der Waals surface area (Å²) < 4.78 is 6.08. The zero-order valence-corrected chi connectivity index (χ0v) is 12.9. The lowest BCUT2D eigenvalue weighted by molar-refractivity contribution is 0.456. The zero-order chi connectivity index (χ0) is 14.9. The third-order valence-corrected chi connectivity index (χ3v) is 3.33. The van der Waals surface area contributed by atoms with Crippen LogP contribution in [-0.2, 0) is 5.41 Å². The van der Waals surface area contributed by atoms with E-state index >= 15 is 0 Å². The average Bonchev–Trinajstić information content (AvgIpc) is 2.31. The lowest BCUT2D eigenvalue weighted by Crippen LogP contribution is -2.12. The summed E-state index contributed by atoms with van der Waals surface area (Å²) in [6.45, 7) is 10.6. The molecular formula is C18H23NO. The predicted molar refractivity (Wildman–Crippen MR) is 85.5 cm³/mol. The molecule has 2 aromatic carbocycles. The van der Waals surface area contributed by atoms with Crippen LogP contribution in [-0.4, -0.2) is 0 Å². The van der Waals surface area contributed by atoms with Gasteiger partial charge in [-0.2, -0.15) is 0 Å². The van der Waals surface area contributed by atoms with Gasteiger partial charge >= 0.3 is 0 Å². The maximum absolute atomic E-state index is 6.08. The van der Waals surface area contributed by atoms with Crippen molar-refractivity contribution < 1.29 is 4.74 Å². The molecule has 0 fully saturated rings. The quantitative estimate of drug-likeness (QED) is 0.781. The van der Waals surface area contributed by atoms with Crippen LogP contribution in [0.4, 0.5) is 5.69 Å². The smallest absolute Gasteiger partial charge is 0.150 e. The first-order valence-electron chi connectivity index (χ1n) is 6.92. The Morgan fingerprint density at radius 2 is 1.45 bits per heavy atom. The minimum Gasteiger partial charge on any atom is -0.455 e. The van der Waals surface area contributed by atoms with Crippen LogP contribution in [0.15, 0.2) is 36.4 Å². The fourth-order valence-electron chi connectivity index (χ4n) is 2.21. The van der Waals surface area contributed by atoms with Crippen LogP contribution >= 0.6 is 0 Å². The summed E-state index contributed by atoms with van der Waals surface area (Å²) in [5, 5.41) is 0. The molecule has 2 aromatic rings. The first-order chi connectivity index (χ1) is 9.27. The number of hydrogen-bond acceptors (Lipinski definition) is 2. The van der Waals surface area contributed by atoms with Gasteiger partial charge in [-0.15, -0.1) is 0 Å². The van der Waals surface area contributed by atoms with Crippen molar-refractivity contribution in [1.82, 2.24) is 0 Å². The Hall–Kier alpha value is -1.96. The molecule has 106 valence electrons. The fraction of sp³-hybridized carbons (Fsp3) is 0.333. The molecule has 0 amide bonds. The molecule has 0 bridgehead atoms. The molecule has 0 atom stereocenters. The number of anilines is 1. The Labute approximate surface area is 121 Å². The largest absolute Gasteiger partial charge is 0.455 e. The van der Waals surface area contributed by atoms with Gasteiger partial charge in [-0.25, -0.2) is 0 Å². The molecule has 0 aliphatic heterocycles. The van der Waals surface area contributed by atoms with E-state index in [-0.39, 0.29) is 5.41 Å². The van der Waals surface area contributed by atoms with Crippen molar-refractivity contribution >= 4 is 5.69 Å². The molecule has 0 aromatic heterocycles. The Balaban J connectivity index is 2.45. The fourth-order valence-corrected chi connectivity index (χ4v) is 2.21. The normalized spacial score (nSPS) is 11.4. The minimum atomic E-state index is 0.0303. The van der Waals surface area contributed by atoms with Crippen LogP contribution in [0.5, 0.6) is 11.5 Å². The SMILES string of the molecule is Cc1ccc(Oc2cc(C)ccc2C(C)(C)C)c(N)c1. The van der Waals surface area contributed by atoms with Crippen LogP contribution in [0.3, 0.4) is 0 Å². The molecular weight excluding hydrogens is 246 g/mol. The third-order valence-electron chi connectivity index (χ3n) is 3.33. The zero-order valence-electron chi connectivity index (χ0n) is 12.9. The first kappa shape index (κ1) is 14.4. The summed E-state index contributed by atoms with van der Waals surface area (Å²) in [4.78, 5) is 0. The first-order valence-corrected chi connectivity index (χ1v) is 6.92. The molecule has 2 nitrogen and oxygen atoms in total. The summed E-state index contributed by atoms with van der Waals surface area (Å²) >= 11 is 0. The van der Waals surface area contributed by atoms with Gasteiger partial charge in [-0.05, 0) is 48.6 Å². The van der Waals surface area contributed by atoms with Crippen molar-refractivity contribution in [2.75, 3.05) is 5.73 Å². The molecule has 2 rings (SSSR count). The summed E-state index contributed by atoms with van der Waals surface area (Å²) in [7, 11) is 0. The van der Waals surface area contributed by atoms with E-state index in [0.29, 0.717) is 11.4 Å². The molecule has 0 heterocycles. The van der Waals surface area contributed by atoms with Crippen LogP contribution in [0.2, 0.25) is 0 Å². The molecule has 0 saturated heterocycles. The maximum Gasteiger partial charge on any atom is 0.150 e. The Kier molecular flexibility index (Phi) is 3.76. The van der Waals surface area contributed by atoms with Gasteiger partial charge in [0.05, 0.1) is 5.69 Å². The summed E-state index contributed by atoms with van der Waals surface area (Å²) in [5.41, 5.74) is 10.2. The van der Waals surface area contributed by atoms with Gasteiger partial charge in [0.15, 0.2) is 0 Å². The second-order valence-electron chi connectivity index (χ2n) is 6.39. The number of benzene rings is 2. The molecule has 0 saturated carbocycles. The molecule has 2 heteroatoms. The molecule has 20 heavy (non-hydrogen) atoms. The van der Waals surface area contributed by atoms with Crippen molar-refractivity contribution in [1.29, 1.82) is 0 Å². The van der Waals surface area contributed by atoms with Crippen molar-refractivity contribution in [3.8, 4) is 11.5 Å². The van der Waals surface area contributed by atoms with E-state index in [1.54, 1.807) is 0 Å². The van der Waals surface area contributed by atoms with Gasteiger partial charge in [0, 0.05) is 5.56 Å². The number of rotatable bonds is 2. The highest BCUT2D eigenvalue weighted by Gasteiger charge is 2.19. The van der Waals surface area contributed by atoms with Crippen molar-refractivity contribution in [2.45, 2.75) is 40.0 Å². The number of hydrogen-bond donors (Lipinski definition) is 1. The van der Waals surface area contributed by atoms with Gasteiger partial charge in [0.2, 0.25) is 0 Å². The molecule has 0 unspecified atom stereocenters. The van der Waals surface area contributed by atoms with Crippen LogP contribution in [0.1, 0.15) is 37.5 Å². The second kappa shape index (κ2) is 5.20. The standard InChI is InChI=1S/C18H23NO/c1-12-7-9-16(15(19)10-12)20-17-11-13(2)6-8-14(17)18(3,4)5/h6-11H,19H2,1-5H3. The summed E-state index contributed by atoms with van der Waals surface area (Å²) in [6.07, 6.45) is 0. The number of aryl methyl sites for hydroxylation is 2. The topological polar surface area (TPSA) is 35.2 Å². The van der Waals surface area contributed by atoms with Crippen LogP contribution < -0.4 is 10.5 Å². The number of nitrogens with two attached hydrogens (primary N) is 1. The van der Waals surface area contributed by atoms with E-state index in [2.05, 4.69) is 45.9 Å². The predicted octanol–water partition coefficient (Wildman–Crippen LogP) is 4.98. The monoisotopic (exact) mass is 269 g/mol. The summed E-state index contributed by atoms with van der Waals surface area (Å²) in [5.74, 6) is 1.60. The molecule has 0 aliphatic carbocycles. The van der Waals surface area contributed by atoms with E-state index in [1.807, 2.05) is 25.1 Å². The second-order valence-corrected chi connectivity index (χ2v) is 6.39. The summed E-state index contributed by atoms with van der Waals surface area (Å²) in [6, 6.07) is 12.2. The minimum absolute atomic E-state index is 0.0303. The van der Waals surface area contributed by atoms with Gasteiger partial charge in [-0.1, -0.05) is 39.0 Å². The van der Waals surface area contributed by atoms with E-state index < -0.39 is 0 Å². The number of ether oxygens (including phenoxy) is 1. The van der Waals surface area contributed by atoms with Crippen molar-refractivity contribution in [3.05, 3.63) is 53.1 Å². The highest BCUT2D eigenvalue weighted by atomic mass is 16.5. The lowest BCUT2D eigenvalue weighted by atomic mass is 9.86. The Morgan fingerprint density at radius 3 is 2.05 bits per heavy atom. The van der Waals surface area contributed by atoms with Crippen molar-refractivity contribution in [3.63, 3.8) is 0 Å². The van der Waals surface area contributed by atoms with Gasteiger partial charge in [0.25, 0.3) is 0 Å².